The highest BCUT2D eigenvalue weighted by Crippen LogP contribution is 2.38. The van der Waals surface area contributed by atoms with Crippen LogP contribution in [0.15, 0.2) is 59.6 Å². The molecule has 2 amide bonds. The number of thiophene rings is 1. The number of benzene rings is 2. The minimum atomic E-state index is -0.428. The molecular formula is C22H16Cl2N2O2S. The molecule has 0 bridgehead atoms. The van der Waals surface area contributed by atoms with Crippen molar-refractivity contribution in [2.45, 2.75) is 13.8 Å². The molecule has 0 aliphatic carbocycles. The lowest BCUT2D eigenvalue weighted by atomic mass is 10.1. The molecule has 2 heterocycles. The molecule has 0 atom stereocenters. The maximum absolute atomic E-state index is 13.4. The minimum Gasteiger partial charge on any atom is -0.350 e. The second-order valence-corrected chi connectivity index (χ2v) is 8.43. The number of aryl methyl sites for hydroxylation is 1. The molecule has 0 spiro atoms. The molecule has 3 aromatic rings. The zero-order valence-electron chi connectivity index (χ0n) is 15.6. The summed E-state index contributed by atoms with van der Waals surface area (Å²) in [6, 6.07) is 14.2. The highest BCUT2D eigenvalue weighted by atomic mass is 35.5. The van der Waals surface area contributed by atoms with E-state index in [4.69, 9.17) is 23.2 Å². The molecule has 4 nitrogen and oxygen atoms in total. The van der Waals surface area contributed by atoms with Crippen molar-refractivity contribution in [1.82, 2.24) is 0 Å². The van der Waals surface area contributed by atoms with Crippen molar-refractivity contribution in [3.8, 4) is 0 Å². The van der Waals surface area contributed by atoms with E-state index in [2.05, 4.69) is 5.32 Å². The van der Waals surface area contributed by atoms with Gasteiger partial charge in [0.15, 0.2) is 0 Å². The normalized spacial score (nSPS) is 14.1. The van der Waals surface area contributed by atoms with Crippen molar-refractivity contribution in [1.29, 1.82) is 0 Å². The molecule has 4 rings (SSSR count). The van der Waals surface area contributed by atoms with Crippen LogP contribution in [-0.2, 0) is 9.59 Å². The van der Waals surface area contributed by atoms with Crippen LogP contribution in [0.2, 0.25) is 10.0 Å². The maximum Gasteiger partial charge on any atom is 0.282 e. The van der Waals surface area contributed by atoms with Crippen LogP contribution in [0, 0.1) is 13.8 Å². The van der Waals surface area contributed by atoms with Crippen molar-refractivity contribution >= 4 is 63.3 Å². The summed E-state index contributed by atoms with van der Waals surface area (Å²) in [5, 5.41) is 6.06. The summed E-state index contributed by atoms with van der Waals surface area (Å²) in [7, 11) is 0. The first-order valence-corrected chi connectivity index (χ1v) is 10.5. The number of amides is 2. The fourth-order valence-corrected chi connectivity index (χ4v) is 4.33. The quantitative estimate of drug-likeness (QED) is 0.498. The molecule has 1 N–H and O–H groups in total. The van der Waals surface area contributed by atoms with Crippen molar-refractivity contribution in [2.24, 2.45) is 0 Å². The van der Waals surface area contributed by atoms with E-state index < -0.39 is 5.91 Å². The van der Waals surface area contributed by atoms with Crippen LogP contribution < -0.4 is 10.2 Å². The van der Waals surface area contributed by atoms with Gasteiger partial charge in [-0.1, -0.05) is 41.4 Å². The third-order valence-corrected chi connectivity index (χ3v) is 6.32. The Morgan fingerprint density at radius 3 is 2.48 bits per heavy atom. The van der Waals surface area contributed by atoms with Crippen LogP contribution in [0.3, 0.4) is 0 Å². The smallest absolute Gasteiger partial charge is 0.282 e. The predicted molar refractivity (Wildman–Crippen MR) is 120 cm³/mol. The van der Waals surface area contributed by atoms with Gasteiger partial charge in [0.2, 0.25) is 0 Å². The Labute approximate surface area is 182 Å². The monoisotopic (exact) mass is 442 g/mol. The van der Waals surface area contributed by atoms with Gasteiger partial charge in [-0.15, -0.1) is 11.3 Å². The van der Waals surface area contributed by atoms with E-state index in [1.807, 2.05) is 30.5 Å². The van der Waals surface area contributed by atoms with Gasteiger partial charge in [-0.25, -0.2) is 4.90 Å². The molecule has 146 valence electrons. The standard InChI is InChI=1S/C22H16Cl2N2O2S/c1-12-8-9-14(23)11-16(12)25-20-19(18-7-4-10-29-18)21(27)26(22(20)28)17-6-3-5-15(24)13(17)2/h3-11,25H,1-2H3. The number of halogens is 2. The molecule has 0 fully saturated rings. The number of nitrogens with zero attached hydrogens (tertiary/aromatic N) is 1. The van der Waals surface area contributed by atoms with Gasteiger partial charge < -0.3 is 5.32 Å². The summed E-state index contributed by atoms with van der Waals surface area (Å²) in [5.41, 5.74) is 3.28. The van der Waals surface area contributed by atoms with E-state index in [9.17, 15) is 9.59 Å². The lowest BCUT2D eigenvalue weighted by Gasteiger charge is -2.18. The lowest BCUT2D eigenvalue weighted by molar-refractivity contribution is -0.120. The molecule has 1 aromatic heterocycles. The number of anilines is 2. The van der Waals surface area contributed by atoms with E-state index in [1.165, 1.54) is 16.2 Å². The summed E-state index contributed by atoms with van der Waals surface area (Å²) in [5.74, 6) is -0.812. The first kappa shape index (κ1) is 19.7. The molecule has 0 radical (unpaired) electrons. The molecule has 29 heavy (non-hydrogen) atoms. The van der Waals surface area contributed by atoms with Gasteiger partial charge in [0, 0.05) is 20.6 Å². The van der Waals surface area contributed by atoms with Gasteiger partial charge in [-0.05, 0) is 60.7 Å². The van der Waals surface area contributed by atoms with Gasteiger partial charge in [-0.3, -0.25) is 9.59 Å². The van der Waals surface area contributed by atoms with E-state index in [-0.39, 0.29) is 11.6 Å². The fourth-order valence-electron chi connectivity index (χ4n) is 3.22. The molecule has 2 aromatic carbocycles. The van der Waals surface area contributed by atoms with Gasteiger partial charge in [0.05, 0.1) is 11.3 Å². The minimum absolute atomic E-state index is 0.224. The second kappa shape index (κ2) is 7.67. The Morgan fingerprint density at radius 1 is 0.966 bits per heavy atom. The van der Waals surface area contributed by atoms with Crippen LogP contribution in [0.1, 0.15) is 16.0 Å². The lowest BCUT2D eigenvalue weighted by Crippen LogP contribution is -2.33. The van der Waals surface area contributed by atoms with Gasteiger partial charge in [0.25, 0.3) is 11.8 Å². The summed E-state index contributed by atoms with van der Waals surface area (Å²) >= 11 is 13.8. The third-order valence-electron chi connectivity index (χ3n) is 4.79. The van der Waals surface area contributed by atoms with Crippen molar-refractivity contribution in [3.63, 3.8) is 0 Å². The average Bonchev–Trinajstić information content (AvgIpc) is 3.28. The van der Waals surface area contributed by atoms with Gasteiger partial charge in [-0.2, -0.15) is 0 Å². The summed E-state index contributed by atoms with van der Waals surface area (Å²) in [6.45, 7) is 3.69. The largest absolute Gasteiger partial charge is 0.350 e. The zero-order valence-corrected chi connectivity index (χ0v) is 18.0. The Kier molecular flexibility index (Phi) is 5.21. The van der Waals surface area contributed by atoms with Gasteiger partial charge >= 0.3 is 0 Å². The van der Waals surface area contributed by atoms with Crippen LogP contribution in [0.5, 0.6) is 0 Å². The van der Waals surface area contributed by atoms with Crippen LogP contribution in [0.4, 0.5) is 11.4 Å². The zero-order chi connectivity index (χ0) is 20.7. The SMILES string of the molecule is Cc1ccc(Cl)cc1NC1=C(c2cccs2)C(=O)N(c2cccc(Cl)c2C)C1=O. The summed E-state index contributed by atoms with van der Waals surface area (Å²) in [4.78, 5) is 28.7. The first-order valence-electron chi connectivity index (χ1n) is 8.83. The Hall–Kier alpha value is -2.60. The molecule has 1 aliphatic rings. The van der Waals surface area contributed by atoms with E-state index in [0.29, 0.717) is 37.4 Å². The Bertz CT molecular complexity index is 1170. The van der Waals surface area contributed by atoms with Crippen molar-refractivity contribution in [2.75, 3.05) is 10.2 Å². The second-order valence-electron chi connectivity index (χ2n) is 6.64. The summed E-state index contributed by atoms with van der Waals surface area (Å²) < 4.78 is 0. The number of hydrogen-bond donors (Lipinski definition) is 1. The highest BCUT2D eigenvalue weighted by Gasteiger charge is 2.41. The topological polar surface area (TPSA) is 49.4 Å². The van der Waals surface area contributed by atoms with Crippen molar-refractivity contribution < 1.29 is 9.59 Å². The van der Waals surface area contributed by atoms with Crippen LogP contribution >= 0.6 is 34.5 Å². The fraction of sp³-hybridized carbons (Fsp3) is 0.0909. The Morgan fingerprint density at radius 2 is 1.76 bits per heavy atom. The third kappa shape index (κ3) is 3.46. The van der Waals surface area contributed by atoms with Crippen molar-refractivity contribution in [3.05, 3.63) is 85.7 Å². The number of carbonyl (C=O) groups excluding carboxylic acids is 2. The number of imide groups is 1. The molecule has 7 heteroatoms. The summed E-state index contributed by atoms with van der Waals surface area (Å²) in [6.07, 6.45) is 0. The molecular weight excluding hydrogens is 427 g/mol. The predicted octanol–water partition coefficient (Wildman–Crippen LogP) is 6.07. The number of carbonyl (C=O) groups is 2. The average molecular weight is 443 g/mol. The Balaban J connectivity index is 1.85. The van der Waals surface area contributed by atoms with E-state index >= 15 is 0 Å². The van der Waals surface area contributed by atoms with E-state index in [0.717, 1.165) is 5.56 Å². The highest BCUT2D eigenvalue weighted by molar-refractivity contribution is 7.11. The molecule has 0 unspecified atom stereocenters. The first-order chi connectivity index (χ1) is 13.9. The number of hydrogen-bond acceptors (Lipinski definition) is 4. The molecule has 0 saturated carbocycles. The van der Waals surface area contributed by atoms with E-state index in [1.54, 1.807) is 37.3 Å². The maximum atomic E-state index is 13.4. The number of rotatable bonds is 4. The van der Waals surface area contributed by atoms with Crippen LogP contribution in [-0.4, -0.2) is 11.8 Å². The molecule has 1 aliphatic heterocycles. The van der Waals surface area contributed by atoms with Crippen LogP contribution in [0.25, 0.3) is 5.57 Å². The van der Waals surface area contributed by atoms with Gasteiger partial charge in [0.1, 0.15) is 5.70 Å². The molecule has 0 saturated heterocycles. The number of nitrogens with one attached hydrogen (secondary N) is 1.